The number of nitrogens with zero attached hydrogens (tertiary/aromatic N) is 2. The molecule has 5 rings (SSSR count). The lowest BCUT2D eigenvalue weighted by atomic mass is 9.97. The first-order valence-electron chi connectivity index (χ1n) is 8.94. The average molecular weight is 405 g/mol. The highest BCUT2D eigenvalue weighted by molar-refractivity contribution is 6.35. The van der Waals surface area contributed by atoms with Gasteiger partial charge < -0.3 is 4.98 Å². The molecule has 5 aromatic rings. The minimum absolute atomic E-state index is 0.235. The van der Waals surface area contributed by atoms with Crippen molar-refractivity contribution in [2.45, 2.75) is 6.92 Å². The van der Waals surface area contributed by atoms with E-state index in [0.29, 0.717) is 21.9 Å². The number of aromatic amines is 2. The molecule has 0 amide bonds. The number of pyridine rings is 2. The largest absolute Gasteiger partial charge is 0.307 e. The van der Waals surface area contributed by atoms with Crippen LogP contribution in [-0.2, 0) is 0 Å². The van der Waals surface area contributed by atoms with Crippen molar-refractivity contribution >= 4 is 33.5 Å². The van der Waals surface area contributed by atoms with Crippen molar-refractivity contribution in [2.75, 3.05) is 0 Å². The van der Waals surface area contributed by atoms with Gasteiger partial charge in [-0.25, -0.2) is 9.37 Å². The molecule has 2 aromatic carbocycles. The SMILES string of the molecule is Cc1[nH]nc2c(Cl)cc(-c3cc4ccc(=O)[nH]c4nc3-c3ccc(F)cc3)cc12. The smallest absolute Gasteiger partial charge is 0.249 e. The molecule has 2 N–H and O–H groups in total. The summed E-state index contributed by atoms with van der Waals surface area (Å²) < 4.78 is 13.5. The van der Waals surface area contributed by atoms with Crippen LogP contribution in [-0.4, -0.2) is 20.2 Å². The number of fused-ring (bicyclic) bond motifs is 2. The number of halogens is 2. The number of H-pyrrole nitrogens is 2. The number of nitrogens with one attached hydrogen (secondary N) is 2. The molecule has 0 radical (unpaired) electrons. The third-order valence-corrected chi connectivity index (χ3v) is 5.23. The van der Waals surface area contributed by atoms with Crippen molar-refractivity contribution in [2.24, 2.45) is 0 Å². The molecule has 0 atom stereocenters. The molecule has 0 spiro atoms. The van der Waals surface area contributed by atoms with Gasteiger partial charge in [0.2, 0.25) is 5.56 Å². The maximum absolute atomic E-state index is 13.5. The van der Waals surface area contributed by atoms with Gasteiger partial charge in [-0.2, -0.15) is 5.10 Å². The third kappa shape index (κ3) is 2.98. The van der Waals surface area contributed by atoms with Crippen LogP contribution in [0.25, 0.3) is 44.3 Å². The van der Waals surface area contributed by atoms with Gasteiger partial charge >= 0.3 is 0 Å². The standard InChI is InChI=1S/C22H14ClFN4O/c1-11-16-9-14(10-18(23)21(16)28-27-11)17-8-13-4-7-19(29)25-22(13)26-20(17)12-2-5-15(24)6-3-12/h2-10H,1H3,(H,27,28)(H,25,26,29). The van der Waals surface area contributed by atoms with Crippen molar-refractivity contribution < 1.29 is 4.39 Å². The molecule has 0 saturated carbocycles. The van der Waals surface area contributed by atoms with Crippen LogP contribution in [0, 0.1) is 12.7 Å². The van der Waals surface area contributed by atoms with Gasteiger partial charge in [0, 0.05) is 33.7 Å². The van der Waals surface area contributed by atoms with Gasteiger partial charge in [-0.15, -0.1) is 0 Å². The minimum Gasteiger partial charge on any atom is -0.307 e. The summed E-state index contributed by atoms with van der Waals surface area (Å²) in [6, 6.07) is 15.1. The minimum atomic E-state index is -0.331. The highest BCUT2D eigenvalue weighted by Crippen LogP contribution is 2.37. The van der Waals surface area contributed by atoms with Gasteiger partial charge in [-0.05, 0) is 61.0 Å². The first kappa shape index (κ1) is 17.6. The Balaban J connectivity index is 1.85. The molecule has 142 valence electrons. The molecule has 0 saturated heterocycles. The zero-order chi connectivity index (χ0) is 20.1. The Morgan fingerprint density at radius 1 is 1.00 bits per heavy atom. The van der Waals surface area contributed by atoms with Crippen molar-refractivity contribution in [1.82, 2.24) is 20.2 Å². The summed E-state index contributed by atoms with van der Waals surface area (Å²) in [4.78, 5) is 19.2. The van der Waals surface area contributed by atoms with Gasteiger partial charge in [-0.1, -0.05) is 11.6 Å². The predicted molar refractivity (Wildman–Crippen MR) is 113 cm³/mol. The lowest BCUT2D eigenvalue weighted by molar-refractivity contribution is 0.628. The zero-order valence-corrected chi connectivity index (χ0v) is 16.0. The molecule has 0 bridgehead atoms. The normalized spacial score (nSPS) is 11.4. The van der Waals surface area contributed by atoms with E-state index in [9.17, 15) is 9.18 Å². The van der Waals surface area contributed by atoms with Crippen LogP contribution in [0.4, 0.5) is 4.39 Å². The molecule has 3 heterocycles. The van der Waals surface area contributed by atoms with E-state index in [1.54, 1.807) is 18.2 Å². The fourth-order valence-electron chi connectivity index (χ4n) is 3.48. The number of hydrogen-bond donors (Lipinski definition) is 2. The number of hydrogen-bond acceptors (Lipinski definition) is 3. The first-order valence-corrected chi connectivity index (χ1v) is 9.32. The van der Waals surface area contributed by atoms with E-state index in [2.05, 4.69) is 20.2 Å². The maximum Gasteiger partial charge on any atom is 0.249 e. The number of aromatic nitrogens is 4. The summed E-state index contributed by atoms with van der Waals surface area (Å²) >= 11 is 6.48. The lowest BCUT2D eigenvalue weighted by Crippen LogP contribution is -2.04. The molecule has 0 unspecified atom stereocenters. The number of rotatable bonds is 2. The third-order valence-electron chi connectivity index (χ3n) is 4.94. The van der Waals surface area contributed by atoms with E-state index in [4.69, 9.17) is 11.6 Å². The second-order valence-electron chi connectivity index (χ2n) is 6.85. The van der Waals surface area contributed by atoms with Crippen LogP contribution in [0.1, 0.15) is 5.69 Å². The van der Waals surface area contributed by atoms with Crippen molar-refractivity contribution in [1.29, 1.82) is 0 Å². The second kappa shape index (κ2) is 6.53. The fourth-order valence-corrected chi connectivity index (χ4v) is 3.74. The quantitative estimate of drug-likeness (QED) is 0.423. The summed E-state index contributed by atoms with van der Waals surface area (Å²) in [7, 11) is 0. The number of aryl methyl sites for hydroxylation is 1. The summed E-state index contributed by atoms with van der Waals surface area (Å²) in [5.74, 6) is -0.331. The summed E-state index contributed by atoms with van der Waals surface area (Å²) in [6.45, 7) is 1.93. The molecule has 0 fully saturated rings. The Morgan fingerprint density at radius 2 is 1.79 bits per heavy atom. The summed E-state index contributed by atoms with van der Waals surface area (Å²) in [5.41, 5.74) is 4.87. The molecule has 5 nitrogen and oxygen atoms in total. The highest BCUT2D eigenvalue weighted by Gasteiger charge is 2.15. The van der Waals surface area contributed by atoms with Crippen LogP contribution in [0.5, 0.6) is 0 Å². The van der Waals surface area contributed by atoms with Crippen LogP contribution < -0.4 is 5.56 Å². The molecule has 3 aromatic heterocycles. The Kier molecular flexibility index (Phi) is 3.96. The van der Waals surface area contributed by atoms with Gasteiger partial charge in [0.05, 0.1) is 10.7 Å². The average Bonchev–Trinajstić information content (AvgIpc) is 3.09. The van der Waals surface area contributed by atoms with Crippen LogP contribution in [0.15, 0.2) is 59.4 Å². The summed E-state index contributed by atoms with van der Waals surface area (Å²) in [6.07, 6.45) is 0. The van der Waals surface area contributed by atoms with Gasteiger partial charge in [0.1, 0.15) is 17.0 Å². The molecule has 0 aliphatic rings. The van der Waals surface area contributed by atoms with Gasteiger partial charge in [-0.3, -0.25) is 9.89 Å². The second-order valence-corrected chi connectivity index (χ2v) is 7.26. The van der Waals surface area contributed by atoms with Crippen LogP contribution >= 0.6 is 11.6 Å². The molecule has 0 aliphatic carbocycles. The highest BCUT2D eigenvalue weighted by atomic mass is 35.5. The Morgan fingerprint density at radius 3 is 2.59 bits per heavy atom. The fraction of sp³-hybridized carbons (Fsp3) is 0.0455. The van der Waals surface area contributed by atoms with E-state index in [-0.39, 0.29) is 11.4 Å². The Bertz CT molecular complexity index is 1450. The molecular formula is C22H14ClFN4O. The molecule has 29 heavy (non-hydrogen) atoms. The Hall–Kier alpha value is -3.51. The summed E-state index contributed by atoms with van der Waals surface area (Å²) in [5, 5.41) is 9.42. The maximum atomic E-state index is 13.5. The van der Waals surface area contributed by atoms with Gasteiger partial charge in [0.15, 0.2) is 0 Å². The van der Waals surface area contributed by atoms with Gasteiger partial charge in [0.25, 0.3) is 0 Å². The number of benzene rings is 2. The lowest BCUT2D eigenvalue weighted by Gasteiger charge is -2.12. The molecule has 0 aliphatic heterocycles. The molecule has 7 heteroatoms. The zero-order valence-electron chi connectivity index (χ0n) is 15.3. The van der Waals surface area contributed by atoms with E-state index in [0.717, 1.165) is 33.2 Å². The monoisotopic (exact) mass is 404 g/mol. The molecular weight excluding hydrogens is 391 g/mol. The van der Waals surface area contributed by atoms with Crippen molar-refractivity contribution in [3.8, 4) is 22.4 Å². The van der Waals surface area contributed by atoms with Crippen molar-refractivity contribution in [3.63, 3.8) is 0 Å². The first-order chi connectivity index (χ1) is 14.0. The van der Waals surface area contributed by atoms with Crippen LogP contribution in [0.3, 0.4) is 0 Å². The van der Waals surface area contributed by atoms with E-state index >= 15 is 0 Å². The topological polar surface area (TPSA) is 74.4 Å². The van der Waals surface area contributed by atoms with E-state index in [1.165, 1.54) is 18.2 Å². The van der Waals surface area contributed by atoms with Crippen molar-refractivity contribution in [3.05, 3.63) is 81.5 Å². The predicted octanol–water partition coefficient (Wildman–Crippen LogP) is 5.23. The van der Waals surface area contributed by atoms with E-state index in [1.807, 2.05) is 25.1 Å². The Labute approximate surface area is 169 Å². The van der Waals surface area contributed by atoms with Crippen LogP contribution in [0.2, 0.25) is 5.02 Å². The van der Waals surface area contributed by atoms with E-state index < -0.39 is 0 Å².